The number of hydrogen-bond acceptors (Lipinski definition) is 3. The van der Waals surface area contributed by atoms with Crippen molar-refractivity contribution >= 4 is 17.7 Å². The van der Waals surface area contributed by atoms with E-state index in [1.54, 1.807) is 0 Å². The summed E-state index contributed by atoms with van der Waals surface area (Å²) < 4.78 is 0.261. The topological polar surface area (TPSA) is 46.3 Å². The molecule has 0 spiro atoms. The second-order valence-corrected chi connectivity index (χ2v) is 7.54. The molecule has 2 rings (SSSR count). The van der Waals surface area contributed by atoms with Crippen LogP contribution in [-0.2, 0) is 0 Å². The van der Waals surface area contributed by atoms with Crippen LogP contribution in [-0.4, -0.2) is 40.9 Å². The van der Waals surface area contributed by atoms with Gasteiger partial charge in [0, 0.05) is 34.7 Å². The second-order valence-electron chi connectivity index (χ2n) is 5.73. The molecule has 1 heterocycles. The van der Waals surface area contributed by atoms with Crippen molar-refractivity contribution in [1.82, 2.24) is 4.90 Å². The zero-order chi connectivity index (χ0) is 15.3. The van der Waals surface area contributed by atoms with Crippen molar-refractivity contribution in [2.24, 2.45) is 5.73 Å². The molecule has 1 aromatic rings. The standard InChI is InChI=1S/C17H22N2OS/c1-17(2)9-11-19(12-13-21-17)16(20)15-7-5-14(6-8-15)4-3-10-18/h5-8H,9-13,18H2,1-2H3. The maximum atomic E-state index is 12.5. The number of nitrogens with two attached hydrogens (primary N) is 1. The van der Waals surface area contributed by atoms with Gasteiger partial charge in [0.05, 0.1) is 6.54 Å². The van der Waals surface area contributed by atoms with Crippen LogP contribution in [0.3, 0.4) is 0 Å². The Kier molecular flexibility index (Phi) is 5.33. The summed E-state index contributed by atoms with van der Waals surface area (Å²) in [5.41, 5.74) is 6.98. The van der Waals surface area contributed by atoms with E-state index in [2.05, 4.69) is 25.7 Å². The number of benzene rings is 1. The summed E-state index contributed by atoms with van der Waals surface area (Å²) in [5, 5.41) is 0. The molecule has 2 N–H and O–H groups in total. The van der Waals surface area contributed by atoms with Crippen LogP contribution in [0.15, 0.2) is 24.3 Å². The lowest BCUT2D eigenvalue weighted by atomic mass is 10.1. The number of nitrogens with zero attached hydrogens (tertiary/aromatic N) is 1. The van der Waals surface area contributed by atoms with Crippen LogP contribution in [0.4, 0.5) is 0 Å². The molecule has 0 bridgehead atoms. The van der Waals surface area contributed by atoms with Gasteiger partial charge in [-0.25, -0.2) is 0 Å². The van der Waals surface area contributed by atoms with Gasteiger partial charge < -0.3 is 10.6 Å². The number of rotatable bonds is 1. The third-order valence-corrected chi connectivity index (χ3v) is 4.96. The molecule has 1 aliphatic rings. The lowest BCUT2D eigenvalue weighted by molar-refractivity contribution is 0.0764. The van der Waals surface area contributed by atoms with Gasteiger partial charge in [0.2, 0.25) is 0 Å². The summed E-state index contributed by atoms with van der Waals surface area (Å²) in [4.78, 5) is 14.5. The average Bonchev–Trinajstić information content (AvgIpc) is 2.66. The van der Waals surface area contributed by atoms with E-state index in [-0.39, 0.29) is 10.7 Å². The summed E-state index contributed by atoms with van der Waals surface area (Å²) in [6.07, 6.45) is 1.03. The second kappa shape index (κ2) is 7.02. The highest BCUT2D eigenvalue weighted by atomic mass is 32.2. The molecule has 0 unspecified atom stereocenters. The summed E-state index contributed by atoms with van der Waals surface area (Å²) in [6.45, 7) is 6.49. The Labute approximate surface area is 131 Å². The minimum absolute atomic E-state index is 0.117. The molecule has 1 saturated heterocycles. The predicted molar refractivity (Wildman–Crippen MR) is 89.4 cm³/mol. The van der Waals surface area contributed by atoms with Crippen LogP contribution in [0.5, 0.6) is 0 Å². The first-order chi connectivity index (χ1) is 10.0. The highest BCUT2D eigenvalue weighted by Gasteiger charge is 2.26. The van der Waals surface area contributed by atoms with Crippen LogP contribution in [0, 0.1) is 11.8 Å². The Bertz CT molecular complexity index is 554. The molecule has 0 saturated carbocycles. The Balaban J connectivity index is 2.06. The molecule has 0 radical (unpaired) electrons. The molecule has 112 valence electrons. The van der Waals surface area contributed by atoms with Crippen molar-refractivity contribution < 1.29 is 4.79 Å². The van der Waals surface area contributed by atoms with E-state index in [4.69, 9.17) is 5.73 Å². The molecule has 0 aliphatic carbocycles. The highest BCUT2D eigenvalue weighted by molar-refractivity contribution is 8.00. The first-order valence-electron chi connectivity index (χ1n) is 7.24. The van der Waals surface area contributed by atoms with Gasteiger partial charge in [-0.3, -0.25) is 4.79 Å². The van der Waals surface area contributed by atoms with Crippen molar-refractivity contribution in [2.75, 3.05) is 25.4 Å². The minimum atomic E-state index is 0.117. The molecule has 1 amide bonds. The average molecular weight is 302 g/mol. The maximum Gasteiger partial charge on any atom is 0.253 e. The highest BCUT2D eigenvalue weighted by Crippen LogP contribution is 2.31. The summed E-state index contributed by atoms with van der Waals surface area (Å²) in [5.74, 6) is 6.90. The quantitative estimate of drug-likeness (QED) is 0.810. The van der Waals surface area contributed by atoms with E-state index in [1.165, 1.54) is 0 Å². The number of carbonyl (C=O) groups is 1. The Morgan fingerprint density at radius 1 is 1.33 bits per heavy atom. The Morgan fingerprint density at radius 3 is 2.71 bits per heavy atom. The number of carbonyl (C=O) groups excluding carboxylic acids is 1. The molecule has 21 heavy (non-hydrogen) atoms. The van der Waals surface area contributed by atoms with E-state index < -0.39 is 0 Å². The third kappa shape index (κ3) is 4.52. The van der Waals surface area contributed by atoms with Gasteiger partial charge in [-0.15, -0.1) is 0 Å². The smallest absolute Gasteiger partial charge is 0.253 e. The van der Waals surface area contributed by atoms with E-state index in [1.807, 2.05) is 40.9 Å². The van der Waals surface area contributed by atoms with Gasteiger partial charge in [0.15, 0.2) is 0 Å². The van der Waals surface area contributed by atoms with E-state index in [0.29, 0.717) is 6.54 Å². The number of thioether (sulfide) groups is 1. The zero-order valence-corrected chi connectivity index (χ0v) is 13.5. The number of amides is 1. The third-order valence-electron chi connectivity index (χ3n) is 3.59. The van der Waals surface area contributed by atoms with E-state index in [9.17, 15) is 4.79 Å². The number of hydrogen-bond donors (Lipinski definition) is 1. The van der Waals surface area contributed by atoms with Gasteiger partial charge in [0.1, 0.15) is 0 Å². The lowest BCUT2D eigenvalue weighted by Gasteiger charge is -2.22. The van der Waals surface area contributed by atoms with Crippen molar-refractivity contribution in [2.45, 2.75) is 25.0 Å². The molecule has 0 atom stereocenters. The van der Waals surface area contributed by atoms with Gasteiger partial charge in [-0.05, 0) is 30.7 Å². The van der Waals surface area contributed by atoms with Crippen molar-refractivity contribution in [1.29, 1.82) is 0 Å². The summed E-state index contributed by atoms with van der Waals surface area (Å²) >= 11 is 1.95. The SMILES string of the molecule is CC1(C)CCN(C(=O)c2ccc(C#CCN)cc2)CCS1. The van der Waals surface area contributed by atoms with Crippen LogP contribution in [0.25, 0.3) is 0 Å². The Morgan fingerprint density at radius 2 is 2.05 bits per heavy atom. The minimum Gasteiger partial charge on any atom is -0.338 e. The zero-order valence-electron chi connectivity index (χ0n) is 12.7. The Hall–Kier alpha value is -1.44. The lowest BCUT2D eigenvalue weighted by Crippen LogP contribution is -2.33. The molecule has 1 fully saturated rings. The van der Waals surface area contributed by atoms with Gasteiger partial charge in [0.25, 0.3) is 5.91 Å². The fraction of sp³-hybridized carbons (Fsp3) is 0.471. The summed E-state index contributed by atoms with van der Waals surface area (Å²) in [6, 6.07) is 7.47. The van der Waals surface area contributed by atoms with Crippen molar-refractivity contribution in [3.63, 3.8) is 0 Å². The van der Waals surface area contributed by atoms with Gasteiger partial charge in [-0.1, -0.05) is 25.7 Å². The molecule has 1 aromatic carbocycles. The van der Waals surface area contributed by atoms with E-state index in [0.717, 1.165) is 36.4 Å². The fourth-order valence-electron chi connectivity index (χ4n) is 2.26. The van der Waals surface area contributed by atoms with Gasteiger partial charge in [-0.2, -0.15) is 11.8 Å². The molecule has 4 heteroatoms. The predicted octanol–water partition coefficient (Wildman–Crippen LogP) is 2.35. The first-order valence-corrected chi connectivity index (χ1v) is 8.23. The van der Waals surface area contributed by atoms with Crippen LogP contribution in [0.2, 0.25) is 0 Å². The molecule has 3 nitrogen and oxygen atoms in total. The first kappa shape index (κ1) is 15.9. The van der Waals surface area contributed by atoms with Crippen molar-refractivity contribution in [3.8, 4) is 11.8 Å². The largest absolute Gasteiger partial charge is 0.338 e. The van der Waals surface area contributed by atoms with Crippen LogP contribution >= 0.6 is 11.8 Å². The van der Waals surface area contributed by atoms with E-state index >= 15 is 0 Å². The van der Waals surface area contributed by atoms with Crippen molar-refractivity contribution in [3.05, 3.63) is 35.4 Å². The van der Waals surface area contributed by atoms with Gasteiger partial charge >= 0.3 is 0 Å². The normalized spacial score (nSPS) is 17.6. The molecule has 1 aliphatic heterocycles. The monoisotopic (exact) mass is 302 g/mol. The van der Waals surface area contributed by atoms with Crippen LogP contribution < -0.4 is 5.73 Å². The molecular formula is C17H22N2OS. The molecule has 0 aromatic heterocycles. The summed E-state index contributed by atoms with van der Waals surface area (Å²) in [7, 11) is 0. The maximum absolute atomic E-state index is 12.5. The van der Waals surface area contributed by atoms with Crippen LogP contribution in [0.1, 0.15) is 36.2 Å². The fourth-order valence-corrected chi connectivity index (χ4v) is 3.36. The molecular weight excluding hydrogens is 280 g/mol.